The number of benzene rings is 1. The summed E-state index contributed by atoms with van der Waals surface area (Å²) in [6.45, 7) is 0. The van der Waals surface area contributed by atoms with Gasteiger partial charge in [-0.25, -0.2) is 9.67 Å². The van der Waals surface area contributed by atoms with Crippen LogP contribution >= 0.6 is 0 Å². The Morgan fingerprint density at radius 1 is 1.10 bits per heavy atom. The zero-order valence-electron chi connectivity index (χ0n) is 17.8. The summed E-state index contributed by atoms with van der Waals surface area (Å²) in [6.07, 6.45) is 9.32. The molecule has 2 aliphatic carbocycles. The number of pyridine rings is 1. The molecule has 1 unspecified atom stereocenters. The summed E-state index contributed by atoms with van der Waals surface area (Å²) in [7, 11) is 1.69. The van der Waals surface area contributed by atoms with Crippen molar-refractivity contribution >= 4 is 0 Å². The van der Waals surface area contributed by atoms with Gasteiger partial charge in [-0.1, -0.05) is 12.1 Å². The predicted molar refractivity (Wildman–Crippen MR) is 117 cm³/mol. The average Bonchev–Trinajstić information content (AvgIpc) is 3.46. The van der Waals surface area contributed by atoms with Gasteiger partial charge in [0.25, 0.3) is 0 Å². The molecule has 1 aromatic carbocycles. The Bertz CT molecular complexity index is 1110. The first-order valence-corrected chi connectivity index (χ1v) is 11.0. The summed E-state index contributed by atoms with van der Waals surface area (Å²) in [5.74, 6) is 2.62. The highest BCUT2D eigenvalue weighted by molar-refractivity contribution is 5.47. The van der Waals surface area contributed by atoms with Crippen LogP contribution in [0.25, 0.3) is 5.82 Å². The van der Waals surface area contributed by atoms with E-state index < -0.39 is 0 Å². The molecule has 0 saturated heterocycles. The first-order valence-electron chi connectivity index (χ1n) is 11.0. The smallest absolute Gasteiger partial charge is 0.161 e. The van der Waals surface area contributed by atoms with E-state index in [9.17, 15) is 5.26 Å². The summed E-state index contributed by atoms with van der Waals surface area (Å²) in [5, 5.41) is 14.6. The molecule has 6 heteroatoms. The SMILES string of the molecule is COc1ccc(C2CCc3nn(-c4ccccn4)c(C#N)c3C2)cc1OC1CCCC1. The van der Waals surface area contributed by atoms with Crippen LogP contribution in [0.2, 0.25) is 0 Å². The fourth-order valence-corrected chi connectivity index (χ4v) is 4.84. The summed E-state index contributed by atoms with van der Waals surface area (Å²) < 4.78 is 13.5. The van der Waals surface area contributed by atoms with Gasteiger partial charge in [0.05, 0.1) is 18.9 Å². The molecule has 1 saturated carbocycles. The highest BCUT2D eigenvalue weighted by Gasteiger charge is 2.29. The highest BCUT2D eigenvalue weighted by Crippen LogP contribution is 2.39. The molecule has 1 fully saturated rings. The molecule has 0 spiro atoms. The van der Waals surface area contributed by atoms with Crippen LogP contribution in [-0.2, 0) is 12.8 Å². The van der Waals surface area contributed by atoms with Crippen LogP contribution in [0.4, 0.5) is 0 Å². The Hall–Kier alpha value is -3.33. The van der Waals surface area contributed by atoms with Crippen LogP contribution in [0.1, 0.15) is 60.5 Å². The molecule has 1 atom stereocenters. The summed E-state index contributed by atoms with van der Waals surface area (Å²) in [4.78, 5) is 4.38. The third-order valence-electron chi connectivity index (χ3n) is 6.47. The number of fused-ring (bicyclic) bond motifs is 1. The van der Waals surface area contributed by atoms with Crippen molar-refractivity contribution in [2.75, 3.05) is 7.11 Å². The normalized spacial score (nSPS) is 18.4. The van der Waals surface area contributed by atoms with Crippen LogP contribution in [0.5, 0.6) is 11.5 Å². The van der Waals surface area contributed by atoms with Gasteiger partial charge in [0, 0.05) is 11.8 Å². The Morgan fingerprint density at radius 2 is 1.97 bits per heavy atom. The van der Waals surface area contributed by atoms with Gasteiger partial charge in [-0.2, -0.15) is 10.4 Å². The largest absolute Gasteiger partial charge is 0.493 e. The van der Waals surface area contributed by atoms with Crippen LogP contribution in [0.15, 0.2) is 42.6 Å². The molecule has 2 aromatic heterocycles. The third-order valence-corrected chi connectivity index (χ3v) is 6.47. The maximum Gasteiger partial charge on any atom is 0.161 e. The van der Waals surface area contributed by atoms with E-state index in [0.29, 0.717) is 17.4 Å². The lowest BCUT2D eigenvalue weighted by Crippen LogP contribution is -2.14. The molecular formula is C25H26N4O2. The molecule has 0 aliphatic heterocycles. The standard InChI is InChI=1S/C25H26N4O2/c1-30-23-12-10-18(15-24(23)31-19-6-2-3-7-19)17-9-11-21-20(14-17)22(16-26)29(28-21)25-8-4-5-13-27-25/h4-5,8,10,12-13,15,17,19H,2-3,6-7,9,11,14H2,1H3. The van der Waals surface area contributed by atoms with E-state index in [4.69, 9.17) is 14.6 Å². The summed E-state index contributed by atoms with van der Waals surface area (Å²) in [6, 6.07) is 14.3. The van der Waals surface area contributed by atoms with Gasteiger partial charge in [-0.3, -0.25) is 0 Å². The van der Waals surface area contributed by atoms with Crippen molar-refractivity contribution in [1.29, 1.82) is 5.26 Å². The van der Waals surface area contributed by atoms with E-state index in [0.717, 1.165) is 54.9 Å². The second-order valence-corrected chi connectivity index (χ2v) is 8.36. The molecule has 158 valence electrons. The lowest BCUT2D eigenvalue weighted by molar-refractivity contribution is 0.200. The van der Waals surface area contributed by atoms with Gasteiger partial charge in [0.15, 0.2) is 17.3 Å². The molecule has 31 heavy (non-hydrogen) atoms. The van der Waals surface area contributed by atoms with Gasteiger partial charge >= 0.3 is 0 Å². The van der Waals surface area contributed by atoms with Crippen molar-refractivity contribution in [3.8, 4) is 23.4 Å². The fraction of sp³-hybridized carbons (Fsp3) is 0.400. The molecule has 3 aromatic rings. The van der Waals surface area contributed by atoms with Crippen molar-refractivity contribution in [1.82, 2.24) is 14.8 Å². The number of hydrogen-bond donors (Lipinski definition) is 0. The van der Waals surface area contributed by atoms with Crippen molar-refractivity contribution in [3.05, 3.63) is 65.1 Å². The predicted octanol–water partition coefficient (Wildman–Crippen LogP) is 4.74. The minimum atomic E-state index is 0.281. The number of nitriles is 1. The van der Waals surface area contributed by atoms with Crippen LogP contribution < -0.4 is 9.47 Å². The maximum atomic E-state index is 9.88. The molecule has 0 N–H and O–H groups in total. The lowest BCUT2D eigenvalue weighted by Gasteiger charge is -2.24. The van der Waals surface area contributed by atoms with Gasteiger partial charge in [0.1, 0.15) is 11.8 Å². The molecule has 6 nitrogen and oxygen atoms in total. The minimum Gasteiger partial charge on any atom is -0.493 e. The molecule has 2 aliphatic rings. The van der Waals surface area contributed by atoms with E-state index in [2.05, 4.69) is 23.2 Å². The van der Waals surface area contributed by atoms with E-state index in [1.54, 1.807) is 18.0 Å². The van der Waals surface area contributed by atoms with Crippen LogP contribution in [0, 0.1) is 11.3 Å². The Labute approximate surface area is 182 Å². The number of methoxy groups -OCH3 is 1. The van der Waals surface area contributed by atoms with E-state index in [-0.39, 0.29) is 6.10 Å². The van der Waals surface area contributed by atoms with Gasteiger partial charge in [0.2, 0.25) is 0 Å². The van der Waals surface area contributed by atoms with Gasteiger partial charge in [-0.15, -0.1) is 0 Å². The van der Waals surface area contributed by atoms with E-state index >= 15 is 0 Å². The number of nitrogens with zero attached hydrogens (tertiary/aromatic N) is 4. The number of aryl methyl sites for hydroxylation is 1. The number of rotatable bonds is 5. The number of aromatic nitrogens is 3. The fourth-order valence-electron chi connectivity index (χ4n) is 4.84. The van der Waals surface area contributed by atoms with Crippen LogP contribution in [-0.4, -0.2) is 28.0 Å². The van der Waals surface area contributed by atoms with Crippen molar-refractivity contribution in [2.45, 2.75) is 57.0 Å². The first kappa shape index (κ1) is 19.6. The highest BCUT2D eigenvalue weighted by atomic mass is 16.5. The Morgan fingerprint density at radius 3 is 2.71 bits per heavy atom. The molecule has 0 bridgehead atoms. The maximum absolute atomic E-state index is 9.88. The zero-order chi connectivity index (χ0) is 21.2. The first-order chi connectivity index (χ1) is 15.3. The minimum absolute atomic E-state index is 0.281. The lowest BCUT2D eigenvalue weighted by atomic mass is 9.82. The quantitative estimate of drug-likeness (QED) is 0.603. The molecule has 5 rings (SSSR count). The third kappa shape index (κ3) is 3.76. The van der Waals surface area contributed by atoms with Crippen molar-refractivity contribution in [2.24, 2.45) is 0 Å². The van der Waals surface area contributed by atoms with Gasteiger partial charge in [-0.05, 0) is 80.7 Å². The summed E-state index contributed by atoms with van der Waals surface area (Å²) >= 11 is 0. The number of ether oxygens (including phenoxy) is 2. The summed E-state index contributed by atoms with van der Waals surface area (Å²) in [5.41, 5.74) is 3.87. The van der Waals surface area contributed by atoms with Crippen molar-refractivity contribution < 1.29 is 9.47 Å². The number of hydrogen-bond acceptors (Lipinski definition) is 5. The molecular weight excluding hydrogens is 388 g/mol. The topological polar surface area (TPSA) is 73.0 Å². The van der Waals surface area contributed by atoms with Crippen LogP contribution in [0.3, 0.4) is 0 Å². The second-order valence-electron chi connectivity index (χ2n) is 8.36. The zero-order valence-corrected chi connectivity index (χ0v) is 17.8. The Balaban J connectivity index is 1.44. The molecule has 0 radical (unpaired) electrons. The molecule has 0 amide bonds. The van der Waals surface area contributed by atoms with E-state index in [1.807, 2.05) is 24.3 Å². The second kappa shape index (κ2) is 8.43. The molecule has 2 heterocycles. The average molecular weight is 415 g/mol. The van der Waals surface area contributed by atoms with Gasteiger partial charge < -0.3 is 9.47 Å². The Kier molecular flexibility index (Phi) is 5.33. The monoisotopic (exact) mass is 414 g/mol. The van der Waals surface area contributed by atoms with E-state index in [1.165, 1.54) is 18.4 Å². The van der Waals surface area contributed by atoms with Crippen molar-refractivity contribution in [3.63, 3.8) is 0 Å².